The Labute approximate surface area is 164 Å². The Morgan fingerprint density at radius 1 is 1.00 bits per heavy atom. The van der Waals surface area contributed by atoms with Gasteiger partial charge >= 0.3 is 0 Å². The molecule has 3 heterocycles. The summed E-state index contributed by atoms with van der Waals surface area (Å²) in [4.78, 5) is 2.52. The van der Waals surface area contributed by atoms with Crippen molar-refractivity contribution in [3.05, 3.63) is 71.1 Å². The van der Waals surface area contributed by atoms with E-state index in [-0.39, 0.29) is 5.92 Å². The molecule has 1 unspecified atom stereocenters. The summed E-state index contributed by atoms with van der Waals surface area (Å²) in [6, 6.07) is 19.3. The van der Waals surface area contributed by atoms with Crippen molar-refractivity contribution in [2.24, 2.45) is 0 Å². The molecule has 2 bridgehead atoms. The molecule has 138 valence electrons. The standard InChI is InChI=1S/C22H22ClN3O/c1-26-17-11-12-19(26)20(18(13-17)14-7-9-16(23)10-8-14)22-25-24-21(27-22)15-5-3-2-4-6-15/h2-10,17-20H,11-13H2,1H3/t17-,18?,19+,20-/m0/s1. The molecule has 4 nitrogen and oxygen atoms in total. The molecule has 27 heavy (non-hydrogen) atoms. The highest BCUT2D eigenvalue weighted by atomic mass is 35.5. The maximum Gasteiger partial charge on any atom is 0.247 e. The molecule has 4 atom stereocenters. The molecular weight excluding hydrogens is 358 g/mol. The first kappa shape index (κ1) is 17.0. The van der Waals surface area contributed by atoms with E-state index in [9.17, 15) is 0 Å². The van der Waals surface area contributed by atoms with Gasteiger partial charge in [-0.15, -0.1) is 10.2 Å². The maximum absolute atomic E-state index is 6.21. The number of hydrogen-bond donors (Lipinski definition) is 0. The Balaban J connectivity index is 1.54. The number of hydrogen-bond acceptors (Lipinski definition) is 4. The van der Waals surface area contributed by atoms with Gasteiger partial charge in [0.25, 0.3) is 0 Å². The van der Waals surface area contributed by atoms with Crippen LogP contribution in [0.5, 0.6) is 0 Å². The van der Waals surface area contributed by atoms with Crippen LogP contribution in [0, 0.1) is 0 Å². The second-order valence-corrected chi connectivity index (χ2v) is 8.13. The first-order chi connectivity index (χ1) is 13.2. The molecule has 5 rings (SSSR count). The van der Waals surface area contributed by atoms with E-state index in [1.807, 2.05) is 42.5 Å². The van der Waals surface area contributed by atoms with E-state index in [4.69, 9.17) is 16.0 Å². The maximum atomic E-state index is 6.21. The third-order valence-electron chi connectivity index (χ3n) is 6.31. The lowest BCUT2D eigenvalue weighted by Gasteiger charge is -2.41. The number of benzene rings is 2. The zero-order valence-corrected chi connectivity index (χ0v) is 16.0. The summed E-state index contributed by atoms with van der Waals surface area (Å²) in [6.45, 7) is 0. The van der Waals surface area contributed by atoms with Crippen LogP contribution < -0.4 is 0 Å². The van der Waals surface area contributed by atoms with E-state index in [1.165, 1.54) is 18.4 Å². The molecule has 0 radical (unpaired) electrons. The van der Waals surface area contributed by atoms with Crippen LogP contribution in [0.15, 0.2) is 59.0 Å². The molecule has 0 aliphatic carbocycles. The molecule has 0 spiro atoms. The van der Waals surface area contributed by atoms with E-state index in [0.717, 1.165) is 22.9 Å². The van der Waals surface area contributed by atoms with Gasteiger partial charge in [-0.25, -0.2) is 0 Å². The third-order valence-corrected chi connectivity index (χ3v) is 6.57. The summed E-state index contributed by atoms with van der Waals surface area (Å²) in [6.07, 6.45) is 3.53. The van der Waals surface area contributed by atoms with Gasteiger partial charge < -0.3 is 4.42 Å². The van der Waals surface area contributed by atoms with Crippen molar-refractivity contribution in [1.82, 2.24) is 15.1 Å². The fraction of sp³-hybridized carbons (Fsp3) is 0.364. The van der Waals surface area contributed by atoms with Crippen molar-refractivity contribution >= 4 is 11.6 Å². The smallest absolute Gasteiger partial charge is 0.247 e. The Kier molecular flexibility index (Phi) is 4.25. The number of fused-ring (bicyclic) bond motifs is 2. The Morgan fingerprint density at radius 3 is 2.56 bits per heavy atom. The van der Waals surface area contributed by atoms with Crippen LogP contribution in [0.25, 0.3) is 11.5 Å². The monoisotopic (exact) mass is 379 g/mol. The summed E-state index contributed by atoms with van der Waals surface area (Å²) in [5.74, 6) is 1.94. The first-order valence-corrected chi connectivity index (χ1v) is 9.95. The van der Waals surface area contributed by atoms with Gasteiger partial charge in [0.2, 0.25) is 11.8 Å². The van der Waals surface area contributed by atoms with Crippen LogP contribution in [-0.2, 0) is 0 Å². The van der Waals surface area contributed by atoms with Crippen LogP contribution in [0.2, 0.25) is 5.02 Å². The predicted octanol–water partition coefficient (Wildman–Crippen LogP) is 5.12. The lowest BCUT2D eigenvalue weighted by molar-refractivity contribution is 0.124. The lowest BCUT2D eigenvalue weighted by atomic mass is 9.76. The molecule has 1 aromatic heterocycles. The minimum atomic E-state index is 0.208. The third kappa shape index (κ3) is 2.97. The highest BCUT2D eigenvalue weighted by Crippen LogP contribution is 2.50. The average Bonchev–Trinajstić information content (AvgIpc) is 3.26. The predicted molar refractivity (Wildman–Crippen MR) is 106 cm³/mol. The van der Waals surface area contributed by atoms with Crippen molar-refractivity contribution in [3.63, 3.8) is 0 Å². The molecule has 0 saturated carbocycles. The summed E-state index contributed by atoms with van der Waals surface area (Å²) < 4.78 is 6.21. The molecule has 5 heteroatoms. The molecule has 0 amide bonds. The summed E-state index contributed by atoms with van der Waals surface area (Å²) in [5.41, 5.74) is 2.28. The highest BCUT2D eigenvalue weighted by Gasteiger charge is 2.48. The minimum absolute atomic E-state index is 0.208. The second kappa shape index (κ2) is 6.77. The Bertz CT molecular complexity index is 924. The van der Waals surface area contributed by atoms with E-state index in [0.29, 0.717) is 23.9 Å². The van der Waals surface area contributed by atoms with Gasteiger partial charge in [-0.1, -0.05) is 41.9 Å². The van der Waals surface area contributed by atoms with E-state index in [1.54, 1.807) is 0 Å². The van der Waals surface area contributed by atoms with E-state index in [2.05, 4.69) is 34.3 Å². The topological polar surface area (TPSA) is 42.2 Å². The number of halogens is 1. The largest absolute Gasteiger partial charge is 0.420 e. The molecule has 2 aliphatic heterocycles. The highest BCUT2D eigenvalue weighted by molar-refractivity contribution is 6.30. The van der Waals surface area contributed by atoms with Gasteiger partial charge in [0.1, 0.15) is 0 Å². The molecule has 2 fully saturated rings. The molecule has 2 aromatic carbocycles. The summed E-state index contributed by atoms with van der Waals surface area (Å²) in [7, 11) is 2.24. The van der Waals surface area contributed by atoms with Crippen LogP contribution >= 0.6 is 11.6 Å². The van der Waals surface area contributed by atoms with Crippen molar-refractivity contribution in [2.75, 3.05) is 7.05 Å². The Morgan fingerprint density at radius 2 is 1.78 bits per heavy atom. The lowest BCUT2D eigenvalue weighted by Crippen LogP contribution is -2.44. The fourth-order valence-corrected chi connectivity index (χ4v) is 5.05. The van der Waals surface area contributed by atoms with Gasteiger partial charge in [0.05, 0.1) is 5.92 Å². The quantitative estimate of drug-likeness (QED) is 0.633. The number of likely N-dealkylation sites (N-methyl/N-ethyl adjacent to an activating group) is 1. The van der Waals surface area contributed by atoms with Gasteiger partial charge in [-0.2, -0.15) is 0 Å². The minimum Gasteiger partial charge on any atom is -0.420 e. The zero-order chi connectivity index (χ0) is 18.4. The average molecular weight is 380 g/mol. The van der Waals surface area contributed by atoms with Gasteiger partial charge in [0.15, 0.2) is 0 Å². The fourth-order valence-electron chi connectivity index (χ4n) is 4.92. The summed E-state index contributed by atoms with van der Waals surface area (Å²) in [5, 5.41) is 9.62. The molecule has 2 saturated heterocycles. The van der Waals surface area contributed by atoms with E-state index < -0.39 is 0 Å². The molecule has 3 aromatic rings. The number of piperidine rings is 1. The number of aromatic nitrogens is 2. The van der Waals surface area contributed by atoms with Gasteiger partial charge in [-0.3, -0.25) is 4.90 Å². The zero-order valence-electron chi connectivity index (χ0n) is 15.3. The van der Waals surface area contributed by atoms with Crippen LogP contribution in [0.3, 0.4) is 0 Å². The summed E-state index contributed by atoms with van der Waals surface area (Å²) >= 11 is 6.12. The molecular formula is C22H22ClN3O. The molecule has 0 N–H and O–H groups in total. The molecule has 2 aliphatic rings. The van der Waals surface area contributed by atoms with Gasteiger partial charge in [0, 0.05) is 22.7 Å². The van der Waals surface area contributed by atoms with Crippen LogP contribution in [-0.4, -0.2) is 34.2 Å². The van der Waals surface area contributed by atoms with Crippen molar-refractivity contribution in [2.45, 2.75) is 43.2 Å². The number of rotatable bonds is 3. The normalized spacial score (nSPS) is 27.8. The van der Waals surface area contributed by atoms with Crippen LogP contribution in [0.4, 0.5) is 0 Å². The van der Waals surface area contributed by atoms with Crippen molar-refractivity contribution < 1.29 is 4.42 Å². The van der Waals surface area contributed by atoms with E-state index >= 15 is 0 Å². The van der Waals surface area contributed by atoms with Crippen molar-refractivity contribution in [1.29, 1.82) is 0 Å². The van der Waals surface area contributed by atoms with Crippen molar-refractivity contribution in [3.8, 4) is 11.5 Å². The number of nitrogens with zero attached hydrogens (tertiary/aromatic N) is 3. The first-order valence-electron chi connectivity index (χ1n) is 9.57. The SMILES string of the molecule is CN1[C@H]2CC[C@@H]1[C@@H](c1nnc(-c3ccccc3)o1)C(c1ccc(Cl)cc1)C2. The Hall–Kier alpha value is -2.17. The van der Waals surface area contributed by atoms with Crippen LogP contribution in [0.1, 0.15) is 42.6 Å². The van der Waals surface area contributed by atoms with Gasteiger partial charge in [-0.05, 0) is 62.1 Å². The second-order valence-electron chi connectivity index (χ2n) is 7.69.